The third kappa shape index (κ3) is 5.69. The lowest BCUT2D eigenvalue weighted by Gasteiger charge is -2.33. The second-order valence-corrected chi connectivity index (χ2v) is 15.2. The van der Waals surface area contributed by atoms with E-state index in [2.05, 4.69) is 53.7 Å². The molecule has 0 spiro atoms. The molecule has 0 amide bonds. The topological polar surface area (TPSA) is 55.8 Å². The highest BCUT2D eigenvalue weighted by Gasteiger charge is 2.40. The minimum absolute atomic E-state index is 0.305. The number of hydrogen-bond donors (Lipinski definition) is 1. The van der Waals surface area contributed by atoms with Crippen molar-refractivity contribution in [2.75, 3.05) is 14.2 Å². The molecular weight excluding hydrogens is 515 g/mol. The molecular formula is C35H41O4P. The molecule has 0 aliphatic carbocycles. The van der Waals surface area contributed by atoms with Crippen LogP contribution >= 0.6 is 7.14 Å². The van der Waals surface area contributed by atoms with Gasteiger partial charge in [0, 0.05) is 10.6 Å². The van der Waals surface area contributed by atoms with E-state index >= 15 is 4.57 Å². The average molecular weight is 557 g/mol. The first-order valence-electron chi connectivity index (χ1n) is 13.6. The molecule has 0 aromatic heterocycles. The van der Waals surface area contributed by atoms with Gasteiger partial charge in [-0.3, -0.25) is 0 Å². The van der Waals surface area contributed by atoms with Crippen molar-refractivity contribution in [1.29, 1.82) is 0 Å². The highest BCUT2D eigenvalue weighted by atomic mass is 31.2. The first kappa shape index (κ1) is 29.5. The zero-order chi connectivity index (χ0) is 29.3. The van der Waals surface area contributed by atoms with Crippen molar-refractivity contribution in [3.63, 3.8) is 0 Å². The molecule has 0 fully saturated rings. The maximum absolute atomic E-state index is 16.0. The Morgan fingerprint density at radius 2 is 1.02 bits per heavy atom. The molecule has 0 aliphatic rings. The van der Waals surface area contributed by atoms with E-state index in [1.165, 1.54) is 0 Å². The van der Waals surface area contributed by atoms with Crippen LogP contribution in [0.25, 0.3) is 0 Å². The van der Waals surface area contributed by atoms with E-state index < -0.39 is 12.8 Å². The third-order valence-electron chi connectivity index (χ3n) is 7.45. The molecule has 4 nitrogen and oxygen atoms in total. The fraction of sp³-hybridized carbons (Fsp3) is 0.314. The van der Waals surface area contributed by atoms with Crippen LogP contribution in [0.15, 0.2) is 91.0 Å². The Hall–Kier alpha value is -3.49. The van der Waals surface area contributed by atoms with Gasteiger partial charge in [0.15, 0.2) is 7.14 Å². The van der Waals surface area contributed by atoms with E-state index in [9.17, 15) is 5.11 Å². The lowest BCUT2D eigenvalue weighted by atomic mass is 9.78. The summed E-state index contributed by atoms with van der Waals surface area (Å²) in [6.45, 7) is 12.6. The van der Waals surface area contributed by atoms with Crippen LogP contribution in [-0.2, 0) is 15.4 Å². The van der Waals surface area contributed by atoms with Crippen LogP contribution in [0.4, 0.5) is 0 Å². The number of hydrogen-bond acceptors (Lipinski definition) is 4. The van der Waals surface area contributed by atoms with Crippen LogP contribution in [0.2, 0.25) is 0 Å². The number of methoxy groups -OCH3 is 2. The van der Waals surface area contributed by atoms with E-state index in [4.69, 9.17) is 9.47 Å². The Labute approximate surface area is 239 Å². The quantitative estimate of drug-likeness (QED) is 0.234. The maximum Gasteiger partial charge on any atom is 0.154 e. The molecule has 0 bridgehead atoms. The van der Waals surface area contributed by atoms with Gasteiger partial charge in [-0.05, 0) is 81.6 Å². The van der Waals surface area contributed by atoms with Crippen LogP contribution in [0.5, 0.6) is 17.2 Å². The van der Waals surface area contributed by atoms with Gasteiger partial charge in [0.1, 0.15) is 17.2 Å². The standard InChI is InChI=1S/C35H41O4P/c1-34(2,3)30-22-25(23-31(32(30)36)35(4,5)6)33(24-12-10-9-11-13-24)40(37,28-18-14-26(38-7)15-19-28)29-20-16-27(39-8)17-21-29/h9-23,33,36H,1-8H3. The van der Waals surface area contributed by atoms with E-state index in [0.29, 0.717) is 17.2 Å². The predicted molar refractivity (Wildman–Crippen MR) is 167 cm³/mol. The van der Waals surface area contributed by atoms with E-state index in [1.54, 1.807) is 14.2 Å². The number of rotatable bonds is 7. The molecule has 0 saturated carbocycles. The van der Waals surface area contributed by atoms with Crippen LogP contribution in [-0.4, -0.2) is 19.3 Å². The normalized spacial score (nSPS) is 13.1. The molecule has 4 aromatic rings. The Balaban J connectivity index is 2.13. The van der Waals surface area contributed by atoms with Gasteiger partial charge in [0.25, 0.3) is 0 Å². The summed E-state index contributed by atoms with van der Waals surface area (Å²) in [5.41, 5.74) is 2.38. The molecule has 0 heterocycles. The summed E-state index contributed by atoms with van der Waals surface area (Å²) < 4.78 is 26.8. The summed E-state index contributed by atoms with van der Waals surface area (Å²) in [6, 6.07) is 29.3. The number of ether oxygens (including phenoxy) is 2. The Morgan fingerprint density at radius 1 is 0.625 bits per heavy atom. The molecule has 0 saturated heterocycles. The van der Waals surface area contributed by atoms with E-state index in [1.807, 2.05) is 78.9 Å². The smallest absolute Gasteiger partial charge is 0.154 e. The number of benzene rings is 4. The molecule has 40 heavy (non-hydrogen) atoms. The van der Waals surface area contributed by atoms with Gasteiger partial charge in [-0.25, -0.2) is 0 Å². The molecule has 0 radical (unpaired) electrons. The maximum atomic E-state index is 16.0. The van der Waals surface area contributed by atoms with Gasteiger partial charge in [-0.1, -0.05) is 84.0 Å². The molecule has 210 valence electrons. The van der Waals surface area contributed by atoms with E-state index in [-0.39, 0.29) is 10.8 Å². The minimum atomic E-state index is -3.39. The summed E-state index contributed by atoms with van der Waals surface area (Å²) in [7, 11) is -0.134. The van der Waals surface area contributed by atoms with Crippen LogP contribution in [0.3, 0.4) is 0 Å². The van der Waals surface area contributed by atoms with Gasteiger partial charge >= 0.3 is 0 Å². The molecule has 4 aromatic carbocycles. The lowest BCUT2D eigenvalue weighted by molar-refractivity contribution is 0.415. The van der Waals surface area contributed by atoms with Crippen molar-refractivity contribution in [3.05, 3.63) is 113 Å². The summed E-state index contributed by atoms with van der Waals surface area (Å²) >= 11 is 0. The third-order valence-corrected chi connectivity index (χ3v) is 10.9. The first-order chi connectivity index (χ1) is 18.8. The molecule has 1 N–H and O–H groups in total. The largest absolute Gasteiger partial charge is 0.507 e. The summed E-state index contributed by atoms with van der Waals surface area (Å²) in [4.78, 5) is 0. The average Bonchev–Trinajstić information content (AvgIpc) is 2.93. The molecule has 1 unspecified atom stereocenters. The monoisotopic (exact) mass is 556 g/mol. The van der Waals surface area contributed by atoms with Crippen molar-refractivity contribution in [2.45, 2.75) is 58.0 Å². The van der Waals surface area contributed by atoms with Gasteiger partial charge < -0.3 is 19.1 Å². The zero-order valence-corrected chi connectivity index (χ0v) is 25.8. The predicted octanol–water partition coefficient (Wildman–Crippen LogP) is 8.11. The second kappa shape index (κ2) is 11.2. The first-order valence-corrected chi connectivity index (χ1v) is 15.4. The van der Waals surface area contributed by atoms with Gasteiger partial charge in [-0.15, -0.1) is 0 Å². The Kier molecular flexibility index (Phi) is 8.24. The van der Waals surface area contributed by atoms with Crippen LogP contribution in [0.1, 0.15) is 69.5 Å². The fourth-order valence-electron chi connectivity index (χ4n) is 5.26. The lowest BCUT2D eigenvalue weighted by Crippen LogP contribution is -2.24. The molecule has 5 heteroatoms. The number of aromatic hydroxyl groups is 1. The molecule has 0 aliphatic heterocycles. The summed E-state index contributed by atoms with van der Waals surface area (Å²) in [5.74, 6) is 1.71. The van der Waals surface area contributed by atoms with Crippen molar-refractivity contribution < 1.29 is 19.1 Å². The molecule has 4 rings (SSSR count). The van der Waals surface area contributed by atoms with Crippen LogP contribution in [0, 0.1) is 0 Å². The molecule has 1 atom stereocenters. The zero-order valence-electron chi connectivity index (χ0n) is 24.9. The van der Waals surface area contributed by atoms with Crippen molar-refractivity contribution in [2.24, 2.45) is 0 Å². The van der Waals surface area contributed by atoms with E-state index in [0.717, 1.165) is 32.9 Å². The highest BCUT2D eigenvalue weighted by molar-refractivity contribution is 7.79. The fourth-order valence-corrected chi connectivity index (χ4v) is 8.50. The van der Waals surface area contributed by atoms with Gasteiger partial charge in [0.05, 0.1) is 19.9 Å². The second-order valence-electron chi connectivity index (χ2n) is 12.3. The van der Waals surface area contributed by atoms with Crippen molar-refractivity contribution in [3.8, 4) is 17.2 Å². The van der Waals surface area contributed by atoms with Crippen LogP contribution < -0.4 is 20.1 Å². The SMILES string of the molecule is COc1ccc(P(=O)(c2ccc(OC)cc2)C(c2ccccc2)c2cc(C(C)(C)C)c(O)c(C(C)(C)C)c2)cc1. The summed E-state index contributed by atoms with van der Waals surface area (Å²) in [5, 5.41) is 13.0. The number of phenols is 1. The highest BCUT2D eigenvalue weighted by Crippen LogP contribution is 2.61. The van der Waals surface area contributed by atoms with Crippen molar-refractivity contribution >= 4 is 17.8 Å². The Morgan fingerprint density at radius 3 is 1.38 bits per heavy atom. The van der Waals surface area contributed by atoms with Crippen molar-refractivity contribution in [1.82, 2.24) is 0 Å². The minimum Gasteiger partial charge on any atom is -0.507 e. The summed E-state index contributed by atoms with van der Waals surface area (Å²) in [6.07, 6.45) is 0. The number of phenolic OH excluding ortho intramolecular Hbond substituents is 1. The van der Waals surface area contributed by atoms with Gasteiger partial charge in [0.2, 0.25) is 0 Å². The van der Waals surface area contributed by atoms with Gasteiger partial charge in [-0.2, -0.15) is 0 Å². The Bertz CT molecular complexity index is 1410.